The average molecular weight is 410 g/mol. The van der Waals surface area contributed by atoms with E-state index < -0.39 is 11.7 Å². The maximum Gasteiger partial charge on any atom is 0.417 e. The summed E-state index contributed by atoms with van der Waals surface area (Å²) in [6, 6.07) is 12.7. The van der Waals surface area contributed by atoms with Gasteiger partial charge in [0.25, 0.3) is 0 Å². The average Bonchev–Trinajstić information content (AvgIpc) is 2.65. The van der Waals surface area contributed by atoms with Crippen LogP contribution in [-0.4, -0.2) is 18.1 Å². The van der Waals surface area contributed by atoms with E-state index in [2.05, 4.69) is 15.6 Å². The number of hydrogen-bond acceptors (Lipinski definition) is 3. The van der Waals surface area contributed by atoms with E-state index in [4.69, 9.17) is 11.6 Å². The Balaban J connectivity index is 1.48. The Bertz CT molecular complexity index is 1020. The largest absolute Gasteiger partial charge is 0.417 e. The van der Waals surface area contributed by atoms with Gasteiger partial charge in [-0.1, -0.05) is 35.9 Å². The molecule has 0 fully saturated rings. The third-order valence-corrected chi connectivity index (χ3v) is 4.73. The van der Waals surface area contributed by atoms with Gasteiger partial charge in [-0.25, -0.2) is 0 Å². The number of para-hydroxylation sites is 1. The van der Waals surface area contributed by atoms with E-state index in [1.54, 1.807) is 12.1 Å². The number of benzene rings is 2. The molecule has 148 valence electrons. The smallest absolute Gasteiger partial charge is 0.371 e. The Morgan fingerprint density at radius 3 is 2.61 bits per heavy atom. The molecule has 0 saturated heterocycles. The summed E-state index contributed by atoms with van der Waals surface area (Å²) in [6.07, 6.45) is -3.75. The lowest BCUT2D eigenvalue weighted by Crippen LogP contribution is -2.19. The molecule has 2 aromatic carbocycles. The summed E-state index contributed by atoms with van der Waals surface area (Å²) in [5.74, 6) is 0.629. The summed E-state index contributed by atoms with van der Waals surface area (Å²) in [6.45, 7) is 1.42. The third kappa shape index (κ3) is 4.85. The van der Waals surface area contributed by atoms with Gasteiger partial charge < -0.3 is 15.6 Å². The highest BCUT2D eigenvalue weighted by Gasteiger charge is 2.33. The number of aromatic amines is 1. The summed E-state index contributed by atoms with van der Waals surface area (Å²) in [5, 5.41) is 6.59. The molecule has 0 aliphatic rings. The van der Waals surface area contributed by atoms with Gasteiger partial charge in [0, 0.05) is 24.5 Å². The molecule has 0 aliphatic heterocycles. The predicted molar refractivity (Wildman–Crippen MR) is 106 cm³/mol. The SMILES string of the molecule is O=c1cc(NCCCNCc2cccc(C(F)(F)F)c2Cl)[nH]c2ccccc12. The molecule has 0 amide bonds. The molecule has 1 heterocycles. The highest BCUT2D eigenvalue weighted by Crippen LogP contribution is 2.36. The van der Waals surface area contributed by atoms with Gasteiger partial charge in [-0.2, -0.15) is 13.2 Å². The van der Waals surface area contributed by atoms with Crippen molar-refractivity contribution in [2.75, 3.05) is 18.4 Å². The number of alkyl halides is 3. The topological polar surface area (TPSA) is 56.9 Å². The van der Waals surface area contributed by atoms with Crippen LogP contribution >= 0.6 is 11.6 Å². The van der Waals surface area contributed by atoms with E-state index >= 15 is 0 Å². The van der Waals surface area contributed by atoms with Crippen LogP contribution in [0.3, 0.4) is 0 Å². The molecule has 3 aromatic rings. The lowest BCUT2D eigenvalue weighted by molar-refractivity contribution is -0.137. The van der Waals surface area contributed by atoms with Gasteiger partial charge >= 0.3 is 6.18 Å². The van der Waals surface area contributed by atoms with E-state index in [9.17, 15) is 18.0 Å². The summed E-state index contributed by atoms with van der Waals surface area (Å²) < 4.78 is 38.6. The normalized spacial score (nSPS) is 11.7. The first kappa shape index (κ1) is 20.2. The molecule has 0 saturated carbocycles. The number of rotatable bonds is 7. The van der Waals surface area contributed by atoms with Crippen LogP contribution in [-0.2, 0) is 12.7 Å². The van der Waals surface area contributed by atoms with Crippen LogP contribution in [0.2, 0.25) is 5.02 Å². The highest BCUT2D eigenvalue weighted by molar-refractivity contribution is 6.32. The Morgan fingerprint density at radius 1 is 1.04 bits per heavy atom. The van der Waals surface area contributed by atoms with Crippen LogP contribution in [0, 0.1) is 0 Å². The van der Waals surface area contributed by atoms with Crippen LogP contribution in [0.25, 0.3) is 10.9 Å². The summed E-state index contributed by atoms with van der Waals surface area (Å²) in [5.41, 5.74) is 0.280. The molecule has 0 spiro atoms. The molecular formula is C20H19ClF3N3O. The van der Waals surface area contributed by atoms with E-state index in [1.165, 1.54) is 12.1 Å². The number of H-pyrrole nitrogens is 1. The number of halogens is 4. The first-order valence-electron chi connectivity index (χ1n) is 8.77. The minimum Gasteiger partial charge on any atom is -0.371 e. The molecule has 0 atom stereocenters. The second-order valence-electron chi connectivity index (χ2n) is 6.33. The van der Waals surface area contributed by atoms with Crippen molar-refractivity contribution < 1.29 is 13.2 Å². The standard InChI is InChI=1S/C20H19ClF3N3O/c21-19-13(5-3-7-15(19)20(22,23)24)12-25-9-4-10-26-18-11-17(28)14-6-1-2-8-16(14)27-18/h1-3,5-8,11,25H,4,9-10,12H2,(H2,26,27,28). The first-order valence-corrected chi connectivity index (χ1v) is 9.15. The van der Waals surface area contributed by atoms with Crippen LogP contribution in [0.5, 0.6) is 0 Å². The highest BCUT2D eigenvalue weighted by atomic mass is 35.5. The monoisotopic (exact) mass is 409 g/mol. The number of hydrogen-bond donors (Lipinski definition) is 3. The van der Waals surface area contributed by atoms with Crippen molar-refractivity contribution >= 4 is 28.3 Å². The molecule has 1 aromatic heterocycles. The minimum atomic E-state index is -4.46. The van der Waals surface area contributed by atoms with Gasteiger partial charge in [0.15, 0.2) is 5.43 Å². The molecule has 0 radical (unpaired) electrons. The Labute approximate surface area is 164 Å². The predicted octanol–water partition coefficient (Wildman–Crippen LogP) is 4.79. The van der Waals surface area contributed by atoms with Crippen LogP contribution < -0.4 is 16.1 Å². The van der Waals surface area contributed by atoms with Crippen molar-refractivity contribution in [3.05, 3.63) is 74.9 Å². The van der Waals surface area contributed by atoms with Crippen molar-refractivity contribution in [1.29, 1.82) is 0 Å². The van der Waals surface area contributed by atoms with Gasteiger partial charge in [0.05, 0.1) is 16.1 Å². The molecule has 0 unspecified atom stereocenters. The van der Waals surface area contributed by atoms with Crippen molar-refractivity contribution in [1.82, 2.24) is 10.3 Å². The number of aromatic nitrogens is 1. The van der Waals surface area contributed by atoms with Crippen LogP contribution in [0.1, 0.15) is 17.5 Å². The lowest BCUT2D eigenvalue weighted by Gasteiger charge is -2.13. The molecule has 4 nitrogen and oxygen atoms in total. The second kappa shape index (κ2) is 8.67. The number of nitrogens with one attached hydrogen (secondary N) is 3. The van der Waals surface area contributed by atoms with Gasteiger partial charge in [-0.05, 0) is 36.7 Å². The van der Waals surface area contributed by atoms with Crippen molar-refractivity contribution in [3.8, 4) is 0 Å². The quantitative estimate of drug-likeness (QED) is 0.492. The minimum absolute atomic E-state index is 0.0610. The van der Waals surface area contributed by atoms with E-state index in [0.29, 0.717) is 36.3 Å². The summed E-state index contributed by atoms with van der Waals surface area (Å²) in [4.78, 5) is 15.2. The van der Waals surface area contributed by atoms with Gasteiger partial charge in [0.2, 0.25) is 0 Å². The van der Waals surface area contributed by atoms with E-state index in [0.717, 1.165) is 11.6 Å². The zero-order valence-electron chi connectivity index (χ0n) is 14.9. The van der Waals surface area contributed by atoms with E-state index in [-0.39, 0.29) is 17.0 Å². The lowest BCUT2D eigenvalue weighted by atomic mass is 10.1. The molecule has 0 bridgehead atoms. The first-order chi connectivity index (χ1) is 13.4. The number of fused-ring (bicyclic) bond motifs is 1. The summed E-state index contributed by atoms with van der Waals surface area (Å²) >= 11 is 5.87. The number of pyridine rings is 1. The molecule has 3 N–H and O–H groups in total. The van der Waals surface area contributed by atoms with Gasteiger partial charge in [0.1, 0.15) is 5.82 Å². The third-order valence-electron chi connectivity index (χ3n) is 4.28. The fraction of sp³-hybridized carbons (Fsp3) is 0.250. The molecular weight excluding hydrogens is 391 g/mol. The second-order valence-corrected chi connectivity index (χ2v) is 6.70. The van der Waals surface area contributed by atoms with Crippen LogP contribution in [0.4, 0.5) is 19.0 Å². The fourth-order valence-electron chi connectivity index (χ4n) is 2.89. The molecule has 3 rings (SSSR count). The molecule has 0 aliphatic carbocycles. The molecule has 28 heavy (non-hydrogen) atoms. The van der Waals surface area contributed by atoms with Crippen molar-refractivity contribution in [2.45, 2.75) is 19.1 Å². The van der Waals surface area contributed by atoms with E-state index in [1.807, 2.05) is 18.2 Å². The Kier molecular flexibility index (Phi) is 6.26. The van der Waals surface area contributed by atoms with Crippen molar-refractivity contribution in [2.24, 2.45) is 0 Å². The number of anilines is 1. The zero-order valence-corrected chi connectivity index (χ0v) is 15.6. The summed E-state index contributed by atoms with van der Waals surface area (Å²) in [7, 11) is 0. The zero-order chi connectivity index (χ0) is 20.1. The van der Waals surface area contributed by atoms with Gasteiger partial charge in [-0.3, -0.25) is 4.79 Å². The Hall–Kier alpha value is -2.51. The maximum absolute atomic E-state index is 12.9. The van der Waals surface area contributed by atoms with Gasteiger partial charge in [-0.15, -0.1) is 0 Å². The Morgan fingerprint density at radius 2 is 1.82 bits per heavy atom. The fourth-order valence-corrected chi connectivity index (χ4v) is 3.19. The maximum atomic E-state index is 12.9. The molecule has 8 heteroatoms. The van der Waals surface area contributed by atoms with Crippen LogP contribution in [0.15, 0.2) is 53.3 Å². The van der Waals surface area contributed by atoms with Crippen molar-refractivity contribution in [3.63, 3.8) is 0 Å².